The van der Waals surface area contributed by atoms with E-state index in [-0.39, 0.29) is 0 Å². The number of carbonyl (C=O) groups excluding carboxylic acids is 1. The summed E-state index contributed by atoms with van der Waals surface area (Å²) < 4.78 is 35.7. The number of halogens is 3. The molecule has 0 aromatic heterocycles. The van der Waals surface area contributed by atoms with Gasteiger partial charge in [0.1, 0.15) is 0 Å². The summed E-state index contributed by atoms with van der Waals surface area (Å²) in [6, 6.07) is 8.03. The van der Waals surface area contributed by atoms with E-state index in [2.05, 4.69) is 0 Å². The Labute approximate surface area is 82.6 Å². The third-order valence-corrected chi connectivity index (χ3v) is 2.17. The van der Waals surface area contributed by atoms with E-state index in [4.69, 9.17) is 0 Å². The van der Waals surface area contributed by atoms with Crippen LogP contribution in [-0.4, -0.2) is 5.12 Å². The highest BCUT2D eigenvalue weighted by atomic mass is 32.2. The lowest BCUT2D eigenvalue weighted by Gasteiger charge is -1.96. The molecule has 0 heterocycles. The van der Waals surface area contributed by atoms with E-state index in [0.717, 1.165) is 0 Å². The van der Waals surface area contributed by atoms with Crippen LogP contribution >= 0.6 is 11.8 Å². The molecule has 1 nitrogen and oxygen atoms in total. The molecule has 1 aromatic carbocycles. The number of hydrogen-bond acceptors (Lipinski definition) is 2. The second kappa shape index (κ2) is 4.85. The molecule has 0 bridgehead atoms. The van der Waals surface area contributed by atoms with Crippen molar-refractivity contribution in [2.75, 3.05) is 0 Å². The van der Waals surface area contributed by atoms with Crippen molar-refractivity contribution >= 4 is 16.9 Å². The van der Waals surface area contributed by atoms with Gasteiger partial charge in [0.05, 0.1) is 0 Å². The zero-order chi connectivity index (χ0) is 10.6. The number of benzene rings is 1. The summed E-state index contributed by atoms with van der Waals surface area (Å²) in [7, 11) is 0. The maximum atomic E-state index is 12.4. The van der Waals surface area contributed by atoms with Crippen molar-refractivity contribution in [2.45, 2.75) is 4.90 Å². The summed E-state index contributed by atoms with van der Waals surface area (Å²) >= 11 is 0.428. The van der Waals surface area contributed by atoms with Gasteiger partial charge in [-0.1, -0.05) is 18.2 Å². The number of rotatable bonds is 2. The molecular weight excluding hydrogens is 213 g/mol. The van der Waals surface area contributed by atoms with Gasteiger partial charge in [-0.3, -0.25) is 4.79 Å². The van der Waals surface area contributed by atoms with Gasteiger partial charge in [0, 0.05) is 4.90 Å². The maximum absolute atomic E-state index is 12.4. The zero-order valence-corrected chi connectivity index (χ0v) is 7.65. The number of thioether (sulfide) groups is 1. The Hall–Kier alpha value is -1.23. The first-order valence-corrected chi connectivity index (χ1v) is 4.41. The van der Waals surface area contributed by atoms with Gasteiger partial charge >= 0.3 is 6.08 Å². The van der Waals surface area contributed by atoms with Gasteiger partial charge in [0.15, 0.2) is 0 Å². The SMILES string of the molecule is O=C(Sc1ccccc1)C(F)=C(F)F. The van der Waals surface area contributed by atoms with Gasteiger partial charge in [-0.15, -0.1) is 0 Å². The van der Waals surface area contributed by atoms with E-state index in [1.165, 1.54) is 12.1 Å². The molecule has 0 aliphatic rings. The average molecular weight is 218 g/mol. The Bertz CT molecular complexity index is 358. The smallest absolute Gasteiger partial charge is 0.278 e. The van der Waals surface area contributed by atoms with Crippen LogP contribution in [0.4, 0.5) is 13.2 Å². The van der Waals surface area contributed by atoms with Crippen LogP contribution in [0.2, 0.25) is 0 Å². The lowest BCUT2D eigenvalue weighted by atomic mass is 10.4. The molecular formula is C9H5F3OS. The Morgan fingerprint density at radius 3 is 2.14 bits per heavy atom. The quantitative estimate of drug-likeness (QED) is 0.559. The van der Waals surface area contributed by atoms with Crippen molar-refractivity contribution in [1.82, 2.24) is 0 Å². The minimum atomic E-state index is -2.58. The highest BCUT2D eigenvalue weighted by Crippen LogP contribution is 2.24. The van der Waals surface area contributed by atoms with E-state index in [9.17, 15) is 18.0 Å². The van der Waals surface area contributed by atoms with Crippen molar-refractivity contribution in [3.63, 3.8) is 0 Å². The first-order valence-electron chi connectivity index (χ1n) is 3.59. The van der Waals surface area contributed by atoms with Crippen molar-refractivity contribution in [3.8, 4) is 0 Å². The van der Waals surface area contributed by atoms with Crippen LogP contribution in [0.1, 0.15) is 0 Å². The molecule has 0 atom stereocenters. The fourth-order valence-electron chi connectivity index (χ4n) is 0.718. The number of carbonyl (C=O) groups is 1. The molecule has 0 aliphatic carbocycles. The molecule has 0 unspecified atom stereocenters. The zero-order valence-electron chi connectivity index (χ0n) is 6.84. The molecule has 5 heteroatoms. The Morgan fingerprint density at radius 1 is 1.07 bits per heavy atom. The van der Waals surface area contributed by atoms with Gasteiger partial charge in [0.25, 0.3) is 5.12 Å². The third-order valence-electron chi connectivity index (χ3n) is 1.30. The summed E-state index contributed by atoms with van der Waals surface area (Å²) in [5.74, 6) is -1.99. The van der Waals surface area contributed by atoms with Gasteiger partial charge in [-0.2, -0.15) is 13.2 Å². The molecule has 0 aliphatic heterocycles. The fourth-order valence-corrected chi connectivity index (χ4v) is 1.39. The minimum absolute atomic E-state index is 0.425. The molecule has 0 N–H and O–H groups in total. The van der Waals surface area contributed by atoms with E-state index >= 15 is 0 Å². The number of hydrogen-bond donors (Lipinski definition) is 0. The minimum Gasteiger partial charge on any atom is -0.278 e. The molecule has 0 amide bonds. The van der Waals surface area contributed by atoms with Crippen LogP contribution in [0, 0.1) is 0 Å². The van der Waals surface area contributed by atoms with Crippen molar-refractivity contribution in [3.05, 3.63) is 42.2 Å². The Morgan fingerprint density at radius 2 is 1.64 bits per heavy atom. The van der Waals surface area contributed by atoms with Gasteiger partial charge in [-0.25, -0.2) is 0 Å². The lowest BCUT2D eigenvalue weighted by Crippen LogP contribution is -1.92. The van der Waals surface area contributed by atoms with Crippen LogP contribution in [0.3, 0.4) is 0 Å². The first kappa shape index (κ1) is 10.8. The van der Waals surface area contributed by atoms with E-state index in [1.54, 1.807) is 18.2 Å². The topological polar surface area (TPSA) is 17.1 Å². The van der Waals surface area contributed by atoms with Gasteiger partial charge < -0.3 is 0 Å². The monoisotopic (exact) mass is 218 g/mol. The second-order valence-corrected chi connectivity index (χ2v) is 3.32. The average Bonchev–Trinajstić information content (AvgIpc) is 2.18. The predicted molar refractivity (Wildman–Crippen MR) is 47.7 cm³/mol. The summed E-state index contributed by atoms with van der Waals surface area (Å²) in [6.07, 6.45) is -2.58. The Balaban J connectivity index is 2.72. The molecule has 1 aromatic rings. The van der Waals surface area contributed by atoms with Crippen molar-refractivity contribution in [2.24, 2.45) is 0 Å². The molecule has 14 heavy (non-hydrogen) atoms. The van der Waals surface area contributed by atoms with E-state index < -0.39 is 17.0 Å². The molecule has 0 saturated heterocycles. The van der Waals surface area contributed by atoms with Crippen molar-refractivity contribution in [1.29, 1.82) is 0 Å². The first-order chi connectivity index (χ1) is 6.61. The summed E-state index contributed by atoms with van der Waals surface area (Å²) in [6.45, 7) is 0. The molecule has 1 rings (SSSR count). The largest absolute Gasteiger partial charge is 0.310 e. The highest BCUT2D eigenvalue weighted by Gasteiger charge is 2.16. The van der Waals surface area contributed by atoms with Gasteiger partial charge in [0.2, 0.25) is 5.83 Å². The molecule has 0 saturated carbocycles. The van der Waals surface area contributed by atoms with Crippen LogP contribution in [0.5, 0.6) is 0 Å². The van der Waals surface area contributed by atoms with Gasteiger partial charge in [-0.05, 0) is 23.9 Å². The normalized spacial score (nSPS) is 9.64. The van der Waals surface area contributed by atoms with E-state index in [1.807, 2.05) is 0 Å². The standard InChI is InChI=1S/C9H5F3OS/c10-7(8(11)12)9(13)14-6-4-2-1-3-5-6/h1-5H. The molecule has 74 valence electrons. The fraction of sp³-hybridized carbons (Fsp3) is 0. The predicted octanol–water partition coefficient (Wildman–Crippen LogP) is 3.38. The summed E-state index contributed by atoms with van der Waals surface area (Å²) in [5, 5.41) is -1.28. The lowest BCUT2D eigenvalue weighted by molar-refractivity contribution is -0.109. The molecule has 0 fully saturated rings. The van der Waals surface area contributed by atoms with E-state index in [0.29, 0.717) is 16.7 Å². The summed E-state index contributed by atoms with van der Waals surface area (Å²) in [4.78, 5) is 11.2. The van der Waals surface area contributed by atoms with Crippen LogP contribution in [0.25, 0.3) is 0 Å². The molecule has 0 radical (unpaired) electrons. The summed E-state index contributed by atoms with van der Waals surface area (Å²) in [5.41, 5.74) is 0. The highest BCUT2D eigenvalue weighted by molar-refractivity contribution is 8.14. The van der Waals surface area contributed by atoms with Crippen LogP contribution in [-0.2, 0) is 4.79 Å². The maximum Gasteiger partial charge on any atom is 0.310 e. The van der Waals surface area contributed by atoms with Crippen molar-refractivity contribution < 1.29 is 18.0 Å². The Kier molecular flexibility index (Phi) is 3.76. The third kappa shape index (κ3) is 2.92. The van der Waals surface area contributed by atoms with Crippen LogP contribution in [0.15, 0.2) is 47.1 Å². The second-order valence-electron chi connectivity index (χ2n) is 2.28. The van der Waals surface area contributed by atoms with Crippen LogP contribution < -0.4 is 0 Å². The molecule has 0 spiro atoms.